The quantitative estimate of drug-likeness (QED) is 0.779. The van der Waals surface area contributed by atoms with Crippen molar-refractivity contribution in [1.29, 1.82) is 0 Å². The fourth-order valence-electron chi connectivity index (χ4n) is 1.50. The second-order valence-electron chi connectivity index (χ2n) is 4.10. The highest BCUT2D eigenvalue weighted by atomic mass is 32.2. The number of benzene rings is 1. The van der Waals surface area contributed by atoms with Crippen LogP contribution in [0.3, 0.4) is 0 Å². The standard InChI is InChI=1S/C14H18O4S/c1-3-18-13(15)9-19-8-11-4-6-12(7-5-11)10(2)14(16)17/h4-7,10H,3,8-9H2,1-2H3,(H,16,17). The summed E-state index contributed by atoms with van der Waals surface area (Å²) in [5.41, 5.74) is 1.85. The van der Waals surface area contributed by atoms with E-state index >= 15 is 0 Å². The molecule has 1 rings (SSSR count). The van der Waals surface area contributed by atoms with E-state index in [1.807, 2.05) is 24.3 Å². The minimum absolute atomic E-state index is 0.205. The Hall–Kier alpha value is -1.49. The summed E-state index contributed by atoms with van der Waals surface area (Å²) in [6.07, 6.45) is 0. The SMILES string of the molecule is CCOC(=O)CSCc1ccc(C(C)C(=O)O)cc1. The van der Waals surface area contributed by atoms with Crippen LogP contribution in [0, 0.1) is 0 Å². The van der Waals surface area contributed by atoms with Gasteiger partial charge in [-0.3, -0.25) is 9.59 Å². The summed E-state index contributed by atoms with van der Waals surface area (Å²) in [7, 11) is 0. The number of esters is 1. The van der Waals surface area contributed by atoms with E-state index in [4.69, 9.17) is 9.84 Å². The molecule has 0 aliphatic rings. The third kappa shape index (κ3) is 5.34. The van der Waals surface area contributed by atoms with E-state index in [-0.39, 0.29) is 5.97 Å². The van der Waals surface area contributed by atoms with Gasteiger partial charge in [0.25, 0.3) is 0 Å². The summed E-state index contributed by atoms with van der Waals surface area (Å²) >= 11 is 1.48. The highest BCUT2D eigenvalue weighted by molar-refractivity contribution is 7.99. The zero-order valence-electron chi connectivity index (χ0n) is 11.1. The van der Waals surface area contributed by atoms with Gasteiger partial charge >= 0.3 is 11.9 Å². The first-order valence-corrected chi connectivity index (χ1v) is 7.25. The molecule has 0 fully saturated rings. The van der Waals surface area contributed by atoms with Crippen LogP contribution in [0.15, 0.2) is 24.3 Å². The van der Waals surface area contributed by atoms with Crippen molar-refractivity contribution in [3.05, 3.63) is 35.4 Å². The molecule has 0 saturated carbocycles. The van der Waals surface area contributed by atoms with Crippen LogP contribution < -0.4 is 0 Å². The average Bonchev–Trinajstić information content (AvgIpc) is 2.39. The van der Waals surface area contributed by atoms with E-state index in [1.54, 1.807) is 13.8 Å². The van der Waals surface area contributed by atoms with Crippen LogP contribution in [-0.2, 0) is 20.1 Å². The number of carbonyl (C=O) groups is 2. The Morgan fingerprint density at radius 1 is 1.32 bits per heavy atom. The van der Waals surface area contributed by atoms with Crippen LogP contribution >= 0.6 is 11.8 Å². The Morgan fingerprint density at radius 2 is 1.95 bits per heavy atom. The molecule has 1 aromatic carbocycles. The third-order valence-corrected chi connectivity index (χ3v) is 3.62. The molecule has 1 unspecified atom stereocenters. The van der Waals surface area contributed by atoms with Crippen molar-refractivity contribution in [2.45, 2.75) is 25.5 Å². The zero-order chi connectivity index (χ0) is 14.3. The lowest BCUT2D eigenvalue weighted by Crippen LogP contribution is -2.07. The first kappa shape index (κ1) is 15.6. The highest BCUT2D eigenvalue weighted by Crippen LogP contribution is 2.18. The van der Waals surface area contributed by atoms with Crippen LogP contribution in [0.5, 0.6) is 0 Å². The van der Waals surface area contributed by atoms with E-state index in [2.05, 4.69) is 0 Å². The molecule has 1 N–H and O–H groups in total. The monoisotopic (exact) mass is 282 g/mol. The molecule has 5 heteroatoms. The lowest BCUT2D eigenvalue weighted by atomic mass is 10.0. The van der Waals surface area contributed by atoms with Gasteiger partial charge in [-0.1, -0.05) is 24.3 Å². The first-order chi connectivity index (χ1) is 9.04. The van der Waals surface area contributed by atoms with Crippen molar-refractivity contribution in [3.63, 3.8) is 0 Å². The summed E-state index contributed by atoms with van der Waals surface area (Å²) in [6.45, 7) is 3.85. The number of thioether (sulfide) groups is 1. The van der Waals surface area contributed by atoms with Crippen molar-refractivity contribution in [2.24, 2.45) is 0 Å². The van der Waals surface area contributed by atoms with Crippen LogP contribution in [0.25, 0.3) is 0 Å². The highest BCUT2D eigenvalue weighted by Gasteiger charge is 2.12. The van der Waals surface area contributed by atoms with Gasteiger partial charge in [-0.05, 0) is 25.0 Å². The second kappa shape index (κ2) is 7.84. The predicted octanol–water partition coefficient (Wildman–Crippen LogP) is 2.67. The van der Waals surface area contributed by atoms with Crippen molar-refractivity contribution in [1.82, 2.24) is 0 Å². The molecule has 0 amide bonds. The topological polar surface area (TPSA) is 63.6 Å². The number of hydrogen-bond donors (Lipinski definition) is 1. The lowest BCUT2D eigenvalue weighted by Gasteiger charge is -2.07. The number of rotatable bonds is 7. The Labute approximate surface area is 117 Å². The summed E-state index contributed by atoms with van der Waals surface area (Å²) in [5.74, 6) is -0.490. The van der Waals surface area contributed by atoms with Crippen LogP contribution in [0.1, 0.15) is 30.9 Å². The maximum Gasteiger partial charge on any atom is 0.315 e. The van der Waals surface area contributed by atoms with Gasteiger partial charge in [0.15, 0.2) is 0 Å². The van der Waals surface area contributed by atoms with Gasteiger partial charge in [0.1, 0.15) is 0 Å². The molecule has 0 aliphatic carbocycles. The number of aliphatic carboxylic acids is 1. The molecule has 1 atom stereocenters. The number of ether oxygens (including phenoxy) is 1. The van der Waals surface area contributed by atoms with Gasteiger partial charge in [-0.2, -0.15) is 0 Å². The van der Waals surface area contributed by atoms with Crippen molar-refractivity contribution < 1.29 is 19.4 Å². The van der Waals surface area contributed by atoms with E-state index in [1.165, 1.54) is 11.8 Å². The van der Waals surface area contributed by atoms with E-state index in [9.17, 15) is 9.59 Å². The molecule has 104 valence electrons. The van der Waals surface area contributed by atoms with Crippen molar-refractivity contribution in [2.75, 3.05) is 12.4 Å². The fourth-order valence-corrected chi connectivity index (χ4v) is 2.28. The normalized spacial score (nSPS) is 11.9. The largest absolute Gasteiger partial charge is 0.481 e. The molecule has 19 heavy (non-hydrogen) atoms. The fraction of sp³-hybridized carbons (Fsp3) is 0.429. The van der Waals surface area contributed by atoms with E-state index < -0.39 is 11.9 Å². The number of carboxylic acid groups (broad SMARTS) is 1. The van der Waals surface area contributed by atoms with Crippen LogP contribution in [0.4, 0.5) is 0 Å². The molecule has 0 spiro atoms. The summed E-state index contributed by atoms with van der Waals surface area (Å²) < 4.78 is 4.83. The van der Waals surface area contributed by atoms with Crippen molar-refractivity contribution in [3.8, 4) is 0 Å². The van der Waals surface area contributed by atoms with Crippen LogP contribution in [-0.4, -0.2) is 29.4 Å². The minimum atomic E-state index is -0.829. The van der Waals surface area contributed by atoms with Crippen LogP contribution in [0.2, 0.25) is 0 Å². The molecular weight excluding hydrogens is 264 g/mol. The molecule has 0 aliphatic heterocycles. The Morgan fingerprint density at radius 3 is 2.47 bits per heavy atom. The van der Waals surface area contributed by atoms with E-state index in [0.717, 1.165) is 11.1 Å². The molecule has 4 nitrogen and oxygen atoms in total. The van der Waals surface area contributed by atoms with Gasteiger partial charge in [-0.25, -0.2) is 0 Å². The second-order valence-corrected chi connectivity index (χ2v) is 5.08. The van der Waals surface area contributed by atoms with Gasteiger partial charge in [0.2, 0.25) is 0 Å². The number of hydrogen-bond acceptors (Lipinski definition) is 4. The Bertz CT molecular complexity index is 428. The molecule has 0 bridgehead atoms. The number of carboxylic acids is 1. The minimum Gasteiger partial charge on any atom is -0.481 e. The molecule has 0 heterocycles. The molecule has 0 aromatic heterocycles. The first-order valence-electron chi connectivity index (χ1n) is 6.09. The predicted molar refractivity (Wildman–Crippen MR) is 75.3 cm³/mol. The van der Waals surface area contributed by atoms with E-state index in [0.29, 0.717) is 18.1 Å². The smallest absolute Gasteiger partial charge is 0.315 e. The average molecular weight is 282 g/mol. The summed E-state index contributed by atoms with van der Waals surface area (Å²) in [4.78, 5) is 22.0. The Balaban J connectivity index is 2.44. The molecule has 0 radical (unpaired) electrons. The molecular formula is C14H18O4S. The lowest BCUT2D eigenvalue weighted by molar-refractivity contribution is -0.140. The molecule has 1 aromatic rings. The zero-order valence-corrected chi connectivity index (χ0v) is 11.9. The maximum absolute atomic E-state index is 11.1. The summed E-state index contributed by atoms with van der Waals surface area (Å²) in [6, 6.07) is 7.43. The summed E-state index contributed by atoms with van der Waals surface area (Å²) in [5, 5.41) is 8.90. The van der Waals surface area contributed by atoms with Gasteiger partial charge in [0.05, 0.1) is 18.3 Å². The maximum atomic E-state index is 11.1. The van der Waals surface area contributed by atoms with Gasteiger partial charge < -0.3 is 9.84 Å². The van der Waals surface area contributed by atoms with Gasteiger partial charge in [0, 0.05) is 5.75 Å². The number of carbonyl (C=O) groups excluding carboxylic acids is 1. The molecule has 0 saturated heterocycles. The Kier molecular flexibility index (Phi) is 6.42. The van der Waals surface area contributed by atoms with Gasteiger partial charge in [-0.15, -0.1) is 11.8 Å². The third-order valence-electron chi connectivity index (χ3n) is 2.64. The van der Waals surface area contributed by atoms with Crippen molar-refractivity contribution >= 4 is 23.7 Å².